The van der Waals surface area contributed by atoms with Crippen molar-refractivity contribution in [3.8, 4) is 50.8 Å². The number of nitriles is 1. The molecular weight excluding hydrogens is 779 g/mol. The number of aromatic nitrogens is 4. The van der Waals surface area contributed by atoms with Gasteiger partial charge >= 0.3 is 0 Å². The van der Waals surface area contributed by atoms with Gasteiger partial charge in [0.2, 0.25) is 0 Å². The second-order valence-corrected chi connectivity index (χ2v) is 16.7. The highest BCUT2D eigenvalue weighted by molar-refractivity contribution is 6.36. The summed E-state index contributed by atoms with van der Waals surface area (Å²) in [6, 6.07) is 65.4. The molecule has 14 aromatic rings. The van der Waals surface area contributed by atoms with Gasteiger partial charge in [-0.3, -0.25) is 9.97 Å². The molecule has 10 aromatic carbocycles. The fourth-order valence-corrected chi connectivity index (χ4v) is 11.2. The molecule has 64 heavy (non-hydrogen) atoms. The van der Waals surface area contributed by atoms with Crippen molar-refractivity contribution in [2.75, 3.05) is 0 Å². The predicted molar refractivity (Wildman–Crippen MR) is 264 cm³/mol. The maximum absolute atomic E-state index is 12.3. The van der Waals surface area contributed by atoms with Gasteiger partial charge in [-0.05, 0) is 61.1 Å². The third-order valence-electron chi connectivity index (χ3n) is 13.6. The van der Waals surface area contributed by atoms with Crippen molar-refractivity contribution in [3.63, 3.8) is 0 Å². The molecule has 0 saturated carbocycles. The Bertz CT molecular complexity index is 3810. The summed E-state index contributed by atoms with van der Waals surface area (Å²) >= 11 is 0. The van der Waals surface area contributed by atoms with Crippen LogP contribution in [-0.2, 0) is 0 Å². The number of benzene rings is 10. The molecule has 0 aliphatic rings. The number of pyridine rings is 2. The minimum absolute atomic E-state index is 0.551. The molecule has 5 nitrogen and oxygen atoms in total. The molecule has 0 amide bonds. The maximum Gasteiger partial charge on any atom is 0.104 e. The van der Waals surface area contributed by atoms with Crippen LogP contribution in [-0.4, -0.2) is 19.1 Å². The predicted octanol–water partition coefficient (Wildman–Crippen LogP) is 15.0. The molecule has 5 heteroatoms. The Hall–Kier alpha value is -8.85. The zero-order valence-electron chi connectivity index (χ0n) is 34.3. The normalized spacial score (nSPS) is 12.0. The van der Waals surface area contributed by atoms with E-state index in [4.69, 9.17) is 9.97 Å². The molecule has 0 atom stereocenters. The molecule has 294 valence electrons. The van der Waals surface area contributed by atoms with Gasteiger partial charge in [-0.15, -0.1) is 0 Å². The van der Waals surface area contributed by atoms with Crippen LogP contribution < -0.4 is 0 Å². The minimum Gasteiger partial charge on any atom is -0.307 e. The first-order valence-electron chi connectivity index (χ1n) is 21.6. The van der Waals surface area contributed by atoms with Gasteiger partial charge in [-0.1, -0.05) is 164 Å². The van der Waals surface area contributed by atoms with Crippen molar-refractivity contribution in [3.05, 3.63) is 206 Å². The Morgan fingerprint density at radius 2 is 0.656 bits per heavy atom. The molecule has 4 heterocycles. The smallest absolute Gasteiger partial charge is 0.104 e. The summed E-state index contributed by atoms with van der Waals surface area (Å²) in [5.41, 5.74) is 12.1. The Morgan fingerprint density at radius 1 is 0.312 bits per heavy atom. The van der Waals surface area contributed by atoms with E-state index in [1.54, 1.807) is 0 Å². The van der Waals surface area contributed by atoms with Crippen LogP contribution in [0.2, 0.25) is 0 Å². The van der Waals surface area contributed by atoms with Gasteiger partial charge in [0, 0.05) is 61.4 Å². The Balaban J connectivity index is 1.30. The van der Waals surface area contributed by atoms with Crippen LogP contribution in [0.4, 0.5) is 0 Å². The summed E-state index contributed by atoms with van der Waals surface area (Å²) in [7, 11) is 0. The van der Waals surface area contributed by atoms with Crippen LogP contribution in [0.3, 0.4) is 0 Å². The van der Waals surface area contributed by atoms with Gasteiger partial charge in [0.05, 0.1) is 45.8 Å². The number of hydrogen-bond acceptors (Lipinski definition) is 3. The fraction of sp³-hybridized carbons (Fsp3) is 0. The topological polar surface area (TPSA) is 59.4 Å². The van der Waals surface area contributed by atoms with Crippen molar-refractivity contribution in [1.82, 2.24) is 19.1 Å². The Kier molecular flexibility index (Phi) is 7.12. The summed E-state index contributed by atoms with van der Waals surface area (Å²) in [5, 5.41) is 26.1. The van der Waals surface area contributed by atoms with Crippen molar-refractivity contribution >= 4 is 86.7 Å². The quantitative estimate of drug-likeness (QED) is 0.163. The second-order valence-electron chi connectivity index (χ2n) is 16.7. The van der Waals surface area contributed by atoms with Gasteiger partial charge in [0.1, 0.15) is 11.6 Å². The first-order chi connectivity index (χ1) is 31.8. The molecule has 14 rings (SSSR count). The van der Waals surface area contributed by atoms with E-state index in [0.717, 1.165) is 99.1 Å². The molecule has 0 bridgehead atoms. The average Bonchev–Trinajstić information content (AvgIpc) is 3.89. The lowest BCUT2D eigenvalue weighted by atomic mass is 9.82. The molecule has 0 aliphatic heterocycles. The third-order valence-corrected chi connectivity index (χ3v) is 13.6. The van der Waals surface area contributed by atoms with Gasteiger partial charge in [0.25, 0.3) is 0 Å². The van der Waals surface area contributed by atoms with Crippen molar-refractivity contribution in [1.29, 1.82) is 5.26 Å². The van der Waals surface area contributed by atoms with E-state index < -0.39 is 0 Å². The SMILES string of the molecule is N#Cc1c(-n2c3cccc4c5ccccc5c5cccc2c5c43)c(-c2ccccc2)c(-c2ccccc2)c(-c2ccccc2)c1-n1c2cncc3c4ccccc4c4cncc1c4c32. The molecule has 0 spiro atoms. The summed E-state index contributed by atoms with van der Waals surface area (Å²) in [5.74, 6) is 0. The second kappa shape index (κ2) is 13.1. The zero-order valence-corrected chi connectivity index (χ0v) is 34.3. The monoisotopic (exact) mass is 811 g/mol. The van der Waals surface area contributed by atoms with Crippen LogP contribution >= 0.6 is 0 Å². The lowest BCUT2D eigenvalue weighted by Crippen LogP contribution is -2.11. The summed E-state index contributed by atoms with van der Waals surface area (Å²) in [6.07, 6.45) is 7.92. The van der Waals surface area contributed by atoms with Crippen LogP contribution in [0.1, 0.15) is 5.56 Å². The van der Waals surface area contributed by atoms with E-state index in [2.05, 4.69) is 191 Å². The fourth-order valence-electron chi connectivity index (χ4n) is 11.2. The van der Waals surface area contributed by atoms with Crippen molar-refractivity contribution in [2.45, 2.75) is 0 Å². The van der Waals surface area contributed by atoms with Crippen molar-refractivity contribution < 1.29 is 0 Å². The first kappa shape index (κ1) is 34.8. The Labute approximate surface area is 366 Å². The molecule has 0 unspecified atom stereocenters. The molecule has 0 aliphatic carbocycles. The van der Waals surface area contributed by atoms with E-state index >= 15 is 0 Å². The molecule has 0 fully saturated rings. The summed E-state index contributed by atoms with van der Waals surface area (Å²) in [6.45, 7) is 0. The molecular formula is C59H33N5. The largest absolute Gasteiger partial charge is 0.307 e. The minimum atomic E-state index is 0.551. The summed E-state index contributed by atoms with van der Waals surface area (Å²) < 4.78 is 4.69. The maximum atomic E-state index is 12.3. The Morgan fingerprint density at radius 3 is 1.08 bits per heavy atom. The van der Waals surface area contributed by atoms with Gasteiger partial charge in [0.15, 0.2) is 0 Å². The van der Waals surface area contributed by atoms with Crippen LogP contribution in [0, 0.1) is 11.3 Å². The summed E-state index contributed by atoms with van der Waals surface area (Å²) in [4.78, 5) is 9.94. The molecule has 4 aromatic heterocycles. The van der Waals surface area contributed by atoms with Crippen molar-refractivity contribution in [2.24, 2.45) is 0 Å². The van der Waals surface area contributed by atoms with Gasteiger partial charge in [-0.2, -0.15) is 5.26 Å². The zero-order chi connectivity index (χ0) is 42.0. The standard InChI is InChI=1S/C59H33N5/c60-30-44-58(63-47-28-14-26-42-38-22-10-11-23-39(38)43-27-15-29-48(63)55(43)54(42)47)52(36-18-6-2-7-19-36)51(35-16-4-1-5-17-35)53(37-20-8-3-9-21-37)59(44)64-49-33-61-31-45-40-24-12-13-25-41(40)46-32-62-34-50(64)57(46)56(45)49/h1-29,31-34H. The van der Waals surface area contributed by atoms with Crippen LogP contribution in [0.15, 0.2) is 201 Å². The lowest BCUT2D eigenvalue weighted by Gasteiger charge is -2.27. The van der Waals surface area contributed by atoms with E-state index in [1.807, 2.05) is 24.8 Å². The third kappa shape index (κ3) is 4.50. The number of fused-ring (bicyclic) bond motifs is 6. The van der Waals surface area contributed by atoms with Gasteiger partial charge < -0.3 is 9.13 Å². The molecule has 0 N–H and O–H groups in total. The molecule has 0 radical (unpaired) electrons. The number of nitrogens with zero attached hydrogens (tertiary/aromatic N) is 5. The molecule has 0 saturated heterocycles. The highest BCUT2D eigenvalue weighted by atomic mass is 15.0. The van der Waals surface area contributed by atoms with E-state index in [0.29, 0.717) is 5.56 Å². The highest BCUT2D eigenvalue weighted by Gasteiger charge is 2.33. The number of rotatable bonds is 5. The van der Waals surface area contributed by atoms with E-state index in [9.17, 15) is 5.26 Å². The number of hydrogen-bond donors (Lipinski definition) is 0. The lowest BCUT2D eigenvalue weighted by molar-refractivity contribution is 1.11. The van der Waals surface area contributed by atoms with E-state index in [1.165, 1.54) is 32.3 Å². The van der Waals surface area contributed by atoms with E-state index in [-0.39, 0.29) is 0 Å². The van der Waals surface area contributed by atoms with Crippen LogP contribution in [0.5, 0.6) is 0 Å². The first-order valence-corrected chi connectivity index (χ1v) is 21.6. The van der Waals surface area contributed by atoms with Crippen LogP contribution in [0.25, 0.3) is 131 Å². The highest BCUT2D eigenvalue weighted by Crippen LogP contribution is 2.54. The van der Waals surface area contributed by atoms with Gasteiger partial charge in [-0.25, -0.2) is 0 Å². The average molecular weight is 812 g/mol.